The average Bonchev–Trinajstić information content (AvgIpc) is 2.83. The summed E-state index contributed by atoms with van der Waals surface area (Å²) in [6.45, 7) is 9.67. The molecule has 1 saturated heterocycles. The lowest BCUT2D eigenvalue weighted by molar-refractivity contribution is 0.00578. The Hall–Kier alpha value is -2.22. The molecular formula is C20H25BN2O4. The Balaban J connectivity index is 1.70. The number of anilines is 1. The van der Waals surface area contributed by atoms with Crippen LogP contribution in [-0.2, 0) is 9.31 Å². The van der Waals surface area contributed by atoms with Crippen molar-refractivity contribution in [1.29, 1.82) is 0 Å². The molecule has 27 heavy (non-hydrogen) atoms. The van der Waals surface area contributed by atoms with Gasteiger partial charge in [0.15, 0.2) is 0 Å². The molecule has 1 fully saturated rings. The number of aromatic nitrogens is 1. The molecule has 1 aliphatic rings. The van der Waals surface area contributed by atoms with Gasteiger partial charge < -0.3 is 19.7 Å². The molecule has 142 valence electrons. The van der Waals surface area contributed by atoms with E-state index in [1.165, 1.54) is 0 Å². The summed E-state index contributed by atoms with van der Waals surface area (Å²) in [4.78, 5) is 16.6. The zero-order valence-corrected chi connectivity index (χ0v) is 16.3. The van der Waals surface area contributed by atoms with E-state index in [1.807, 2.05) is 39.8 Å². The van der Waals surface area contributed by atoms with E-state index in [1.54, 1.807) is 37.4 Å². The fraction of sp³-hybridized carbons (Fsp3) is 0.400. The average molecular weight is 368 g/mol. The van der Waals surface area contributed by atoms with Crippen molar-refractivity contribution in [1.82, 2.24) is 4.98 Å². The third kappa shape index (κ3) is 4.05. The van der Waals surface area contributed by atoms with E-state index in [0.29, 0.717) is 16.9 Å². The van der Waals surface area contributed by atoms with Crippen LogP contribution in [0.5, 0.6) is 0 Å². The Kier molecular flexibility index (Phi) is 5.12. The van der Waals surface area contributed by atoms with Gasteiger partial charge in [-0.1, -0.05) is 12.1 Å². The minimum absolute atomic E-state index is 0.272. The number of hydrogen-bond acceptors (Lipinski definition) is 5. The monoisotopic (exact) mass is 368 g/mol. The van der Waals surface area contributed by atoms with Crippen molar-refractivity contribution in [3.8, 4) is 0 Å². The molecule has 7 heteroatoms. The summed E-state index contributed by atoms with van der Waals surface area (Å²) in [5.74, 6) is 0.124. The molecule has 2 aromatic rings. The van der Waals surface area contributed by atoms with E-state index >= 15 is 0 Å². The van der Waals surface area contributed by atoms with Gasteiger partial charge in [0, 0.05) is 11.8 Å². The molecule has 0 aliphatic carbocycles. The molecule has 6 nitrogen and oxygen atoms in total. The molecule has 3 rings (SSSR count). The van der Waals surface area contributed by atoms with Crippen molar-refractivity contribution in [2.24, 2.45) is 0 Å². The van der Waals surface area contributed by atoms with E-state index in [0.717, 1.165) is 5.46 Å². The number of carbonyl (C=O) groups excluding carboxylic acids is 1. The van der Waals surface area contributed by atoms with Crippen molar-refractivity contribution in [2.45, 2.75) is 51.9 Å². The van der Waals surface area contributed by atoms with Gasteiger partial charge in [-0.15, -0.1) is 0 Å². The van der Waals surface area contributed by atoms with Crippen molar-refractivity contribution in [3.63, 3.8) is 0 Å². The quantitative estimate of drug-likeness (QED) is 0.811. The van der Waals surface area contributed by atoms with Crippen LogP contribution in [0.1, 0.15) is 56.6 Å². The van der Waals surface area contributed by atoms with Crippen LogP contribution < -0.4 is 10.8 Å². The molecule has 2 N–H and O–H groups in total. The Bertz CT molecular complexity index is 818. The highest BCUT2D eigenvalue weighted by atomic mass is 16.7. The highest BCUT2D eigenvalue weighted by Gasteiger charge is 2.51. The van der Waals surface area contributed by atoms with Crippen LogP contribution >= 0.6 is 0 Å². The summed E-state index contributed by atoms with van der Waals surface area (Å²) in [7, 11) is -0.462. The first-order valence-electron chi connectivity index (χ1n) is 9.00. The Morgan fingerprint density at radius 1 is 1.11 bits per heavy atom. The summed E-state index contributed by atoms with van der Waals surface area (Å²) >= 11 is 0. The molecule has 1 aromatic carbocycles. The molecule has 1 aliphatic heterocycles. The zero-order valence-electron chi connectivity index (χ0n) is 16.3. The lowest BCUT2D eigenvalue weighted by atomic mass is 9.79. The number of aliphatic hydroxyl groups is 1. The lowest BCUT2D eigenvalue weighted by Gasteiger charge is -2.32. The van der Waals surface area contributed by atoms with Gasteiger partial charge in [-0.3, -0.25) is 4.79 Å². The standard InChI is InChI=1S/C20H25BN2O4/c1-13(24)15-10-11-22-17(12-15)23-18(25)14-6-8-16(9-7-14)21-26-19(2,3)20(4,5)27-21/h6-13,24H,1-5H3,(H,22,23,25). The highest BCUT2D eigenvalue weighted by molar-refractivity contribution is 6.62. The van der Waals surface area contributed by atoms with Gasteiger partial charge in [-0.25, -0.2) is 4.98 Å². The second-order valence-corrected chi connectivity index (χ2v) is 7.81. The predicted octanol–water partition coefficient (Wildman–Crippen LogP) is 2.69. The van der Waals surface area contributed by atoms with E-state index < -0.39 is 24.4 Å². The number of amides is 1. The first-order valence-corrected chi connectivity index (χ1v) is 9.00. The number of hydrogen-bond donors (Lipinski definition) is 2. The normalized spacial score (nSPS) is 19.0. The number of carbonyl (C=O) groups is 1. The van der Waals surface area contributed by atoms with Gasteiger partial charge in [0.25, 0.3) is 5.91 Å². The molecule has 1 amide bonds. The van der Waals surface area contributed by atoms with Gasteiger partial charge in [-0.2, -0.15) is 0 Å². The fourth-order valence-electron chi connectivity index (χ4n) is 2.73. The van der Waals surface area contributed by atoms with Crippen LogP contribution in [0.15, 0.2) is 42.6 Å². The minimum atomic E-state index is -0.622. The Morgan fingerprint density at radius 2 is 1.70 bits per heavy atom. The number of benzene rings is 1. The molecule has 0 radical (unpaired) electrons. The maximum atomic E-state index is 12.5. The number of pyridine rings is 1. The smallest absolute Gasteiger partial charge is 0.399 e. The SMILES string of the molecule is CC(O)c1ccnc(NC(=O)c2ccc(B3OC(C)(C)C(C)(C)O3)cc2)c1. The van der Waals surface area contributed by atoms with Gasteiger partial charge in [0.2, 0.25) is 0 Å². The molecule has 2 heterocycles. The van der Waals surface area contributed by atoms with E-state index in [2.05, 4.69) is 10.3 Å². The number of aliphatic hydroxyl groups excluding tert-OH is 1. The van der Waals surface area contributed by atoms with Gasteiger partial charge >= 0.3 is 7.12 Å². The van der Waals surface area contributed by atoms with Crippen LogP contribution in [0.4, 0.5) is 5.82 Å². The molecular weight excluding hydrogens is 343 g/mol. The number of nitrogens with zero attached hydrogens (tertiary/aromatic N) is 1. The lowest BCUT2D eigenvalue weighted by Crippen LogP contribution is -2.41. The van der Waals surface area contributed by atoms with E-state index in [4.69, 9.17) is 9.31 Å². The summed E-state index contributed by atoms with van der Waals surface area (Å²) in [6, 6.07) is 10.5. The van der Waals surface area contributed by atoms with Crippen molar-refractivity contribution >= 4 is 24.3 Å². The van der Waals surface area contributed by atoms with Gasteiger partial charge in [0.05, 0.1) is 17.3 Å². The van der Waals surface area contributed by atoms with Crippen LogP contribution in [0.3, 0.4) is 0 Å². The Labute approximate surface area is 160 Å². The highest BCUT2D eigenvalue weighted by Crippen LogP contribution is 2.36. The molecule has 0 bridgehead atoms. The minimum Gasteiger partial charge on any atom is -0.399 e. The summed E-state index contributed by atoms with van der Waals surface area (Å²) < 4.78 is 12.1. The fourth-order valence-corrected chi connectivity index (χ4v) is 2.73. The molecule has 1 aromatic heterocycles. The second kappa shape index (κ2) is 7.07. The third-order valence-corrected chi connectivity index (χ3v) is 5.21. The third-order valence-electron chi connectivity index (χ3n) is 5.21. The topological polar surface area (TPSA) is 80.7 Å². The number of rotatable bonds is 4. The largest absolute Gasteiger partial charge is 0.494 e. The molecule has 1 atom stereocenters. The molecule has 0 saturated carbocycles. The van der Waals surface area contributed by atoms with Crippen molar-refractivity contribution in [2.75, 3.05) is 5.32 Å². The summed E-state index contributed by atoms with van der Waals surface area (Å²) in [6.07, 6.45) is 0.932. The van der Waals surface area contributed by atoms with E-state index in [9.17, 15) is 9.90 Å². The van der Waals surface area contributed by atoms with Crippen LogP contribution in [0, 0.1) is 0 Å². The molecule has 0 spiro atoms. The first kappa shape index (κ1) is 19.5. The Morgan fingerprint density at radius 3 is 2.26 bits per heavy atom. The van der Waals surface area contributed by atoms with Crippen LogP contribution in [0.25, 0.3) is 0 Å². The number of nitrogens with one attached hydrogen (secondary N) is 1. The maximum Gasteiger partial charge on any atom is 0.494 e. The predicted molar refractivity (Wildman–Crippen MR) is 105 cm³/mol. The van der Waals surface area contributed by atoms with Crippen molar-refractivity contribution < 1.29 is 19.2 Å². The van der Waals surface area contributed by atoms with E-state index in [-0.39, 0.29) is 5.91 Å². The van der Waals surface area contributed by atoms with Gasteiger partial charge in [-0.05, 0) is 69.9 Å². The van der Waals surface area contributed by atoms with Gasteiger partial charge in [0.1, 0.15) is 5.82 Å². The van der Waals surface area contributed by atoms with Crippen LogP contribution in [-0.4, -0.2) is 34.3 Å². The van der Waals surface area contributed by atoms with Crippen LogP contribution in [0.2, 0.25) is 0 Å². The molecule has 1 unspecified atom stereocenters. The second-order valence-electron chi connectivity index (χ2n) is 7.81. The summed E-state index contributed by atoms with van der Waals surface area (Å²) in [5.41, 5.74) is 1.23. The maximum absolute atomic E-state index is 12.5. The van der Waals surface area contributed by atoms with Crippen molar-refractivity contribution in [3.05, 3.63) is 53.7 Å². The zero-order chi connectivity index (χ0) is 19.8. The summed E-state index contributed by atoms with van der Waals surface area (Å²) in [5, 5.41) is 12.4. The first-order chi connectivity index (χ1) is 12.6.